The van der Waals surface area contributed by atoms with Gasteiger partial charge in [0.05, 0.1) is 51.1 Å². The summed E-state index contributed by atoms with van der Waals surface area (Å²) in [6.07, 6.45) is 6.05. The van der Waals surface area contributed by atoms with E-state index in [0.29, 0.717) is 63.5 Å². The van der Waals surface area contributed by atoms with Crippen molar-refractivity contribution in [2.75, 3.05) is 46.6 Å². The van der Waals surface area contributed by atoms with Crippen LogP contribution in [-0.2, 0) is 19.7 Å². The van der Waals surface area contributed by atoms with Crippen molar-refractivity contribution >= 4 is 12.0 Å². The number of carbonyl (C=O) groups excluding carboxylic acids is 1. The third kappa shape index (κ3) is 8.51. The molecule has 2 saturated carbocycles. The molecule has 0 radical (unpaired) electrons. The smallest absolute Gasteiger partial charge is 0.404 e. The number of carbonyl (C=O) groups is 2. The quantitative estimate of drug-likeness (QED) is 0.319. The van der Waals surface area contributed by atoms with E-state index >= 15 is 0 Å². The number of methoxy groups -OCH3 is 1. The first-order chi connectivity index (χ1) is 18.0. The van der Waals surface area contributed by atoms with E-state index < -0.39 is 11.5 Å². The standard InChI is InChI=1S/C27H39N3O7/c1-34-23-7-6-21(18-24(23)37-22-4-2-3-5-22)27(19-28)10-8-20(9-11-27)25(31)29-12-14-35-16-17-36-15-13-30-26(32)33/h6-7,18,20,22,30H,2-5,8-17H2,1H3,(H,29,31)(H,32,33)/t20-,27-. The zero-order valence-corrected chi connectivity index (χ0v) is 21.6. The van der Waals surface area contributed by atoms with E-state index in [9.17, 15) is 14.9 Å². The molecule has 37 heavy (non-hydrogen) atoms. The average Bonchev–Trinajstić information content (AvgIpc) is 3.42. The molecule has 0 atom stereocenters. The van der Waals surface area contributed by atoms with E-state index in [4.69, 9.17) is 24.1 Å². The monoisotopic (exact) mass is 517 g/mol. The maximum absolute atomic E-state index is 12.7. The van der Waals surface area contributed by atoms with Gasteiger partial charge in [-0.2, -0.15) is 5.26 Å². The van der Waals surface area contributed by atoms with Crippen LogP contribution in [0.25, 0.3) is 0 Å². The Bertz CT molecular complexity index is 919. The number of benzene rings is 1. The lowest BCUT2D eigenvalue weighted by Crippen LogP contribution is -2.39. The molecular weight excluding hydrogens is 478 g/mol. The topological polar surface area (TPSA) is 139 Å². The van der Waals surface area contributed by atoms with Gasteiger partial charge in [0.2, 0.25) is 5.91 Å². The van der Waals surface area contributed by atoms with Gasteiger partial charge in [-0.25, -0.2) is 4.79 Å². The van der Waals surface area contributed by atoms with Gasteiger partial charge >= 0.3 is 6.09 Å². The molecule has 0 bridgehead atoms. The van der Waals surface area contributed by atoms with E-state index in [1.165, 1.54) is 12.8 Å². The van der Waals surface area contributed by atoms with Crippen LogP contribution in [0.5, 0.6) is 11.5 Å². The van der Waals surface area contributed by atoms with Gasteiger partial charge in [0, 0.05) is 19.0 Å². The zero-order valence-electron chi connectivity index (χ0n) is 21.6. The van der Waals surface area contributed by atoms with Gasteiger partial charge in [-0.15, -0.1) is 0 Å². The Morgan fingerprint density at radius 2 is 1.65 bits per heavy atom. The van der Waals surface area contributed by atoms with Crippen LogP contribution in [0.3, 0.4) is 0 Å². The summed E-state index contributed by atoms with van der Waals surface area (Å²) >= 11 is 0. The van der Waals surface area contributed by atoms with Gasteiger partial charge in [0.15, 0.2) is 11.5 Å². The molecule has 3 rings (SSSR count). The van der Waals surface area contributed by atoms with Crippen molar-refractivity contribution in [2.24, 2.45) is 5.92 Å². The summed E-state index contributed by atoms with van der Waals surface area (Å²) in [6, 6.07) is 8.35. The van der Waals surface area contributed by atoms with Crippen molar-refractivity contribution in [3.05, 3.63) is 23.8 Å². The van der Waals surface area contributed by atoms with E-state index in [0.717, 1.165) is 18.4 Å². The molecule has 0 unspecified atom stereocenters. The third-order valence-corrected chi connectivity index (χ3v) is 7.18. The van der Waals surface area contributed by atoms with Crippen molar-refractivity contribution < 1.29 is 33.6 Å². The number of ether oxygens (including phenoxy) is 4. The molecule has 0 aromatic heterocycles. The van der Waals surface area contributed by atoms with Gasteiger partial charge in [-0.3, -0.25) is 4.79 Å². The van der Waals surface area contributed by atoms with E-state index in [1.807, 2.05) is 18.2 Å². The van der Waals surface area contributed by atoms with E-state index in [2.05, 4.69) is 16.7 Å². The van der Waals surface area contributed by atoms with Gasteiger partial charge in [-0.1, -0.05) is 6.07 Å². The predicted molar refractivity (Wildman–Crippen MR) is 136 cm³/mol. The minimum absolute atomic E-state index is 0.00822. The molecule has 1 aromatic rings. The molecule has 0 spiro atoms. The van der Waals surface area contributed by atoms with Crippen LogP contribution >= 0.6 is 0 Å². The molecule has 0 aliphatic heterocycles. The van der Waals surface area contributed by atoms with Crippen molar-refractivity contribution in [1.82, 2.24) is 10.6 Å². The Morgan fingerprint density at radius 1 is 1.00 bits per heavy atom. The lowest BCUT2D eigenvalue weighted by atomic mass is 9.67. The molecule has 2 aliphatic rings. The Labute approximate surface area is 218 Å². The first kappa shape index (κ1) is 28.5. The number of amides is 2. The molecule has 204 valence electrons. The molecule has 10 heteroatoms. The van der Waals surface area contributed by atoms with E-state index in [1.54, 1.807) is 7.11 Å². The highest BCUT2D eigenvalue weighted by Gasteiger charge is 2.39. The Kier molecular flexibility index (Phi) is 11.3. The summed E-state index contributed by atoms with van der Waals surface area (Å²) in [5.41, 5.74) is 0.289. The van der Waals surface area contributed by atoms with Gasteiger partial charge < -0.3 is 34.7 Å². The fraction of sp³-hybridized carbons (Fsp3) is 0.667. The molecule has 2 amide bonds. The van der Waals surface area contributed by atoms with Crippen LogP contribution < -0.4 is 20.1 Å². The number of rotatable bonds is 14. The van der Waals surface area contributed by atoms with Crippen LogP contribution in [0.1, 0.15) is 56.9 Å². The molecule has 0 saturated heterocycles. The molecule has 10 nitrogen and oxygen atoms in total. The number of hydrogen-bond acceptors (Lipinski definition) is 7. The molecule has 2 fully saturated rings. The molecular formula is C27H39N3O7. The molecule has 2 aliphatic carbocycles. The largest absolute Gasteiger partial charge is 0.493 e. The summed E-state index contributed by atoms with van der Waals surface area (Å²) in [5, 5.41) is 23.8. The second-order valence-electron chi connectivity index (χ2n) is 9.61. The lowest BCUT2D eigenvalue weighted by Gasteiger charge is -2.35. The third-order valence-electron chi connectivity index (χ3n) is 7.18. The summed E-state index contributed by atoms with van der Waals surface area (Å²) in [5.74, 6) is 1.25. The SMILES string of the molecule is COc1ccc([C@]2(C#N)CC[C@@H](C(=O)NCCOCCOCCNC(=O)O)CC2)cc1OC1CCCC1. The predicted octanol–water partition coefficient (Wildman–Crippen LogP) is 3.39. The highest BCUT2D eigenvalue weighted by atomic mass is 16.5. The molecule has 1 aromatic carbocycles. The van der Waals surface area contributed by atoms with Crippen LogP contribution in [0, 0.1) is 17.2 Å². The number of nitriles is 1. The average molecular weight is 518 g/mol. The minimum Gasteiger partial charge on any atom is -0.493 e. The highest BCUT2D eigenvalue weighted by Crippen LogP contribution is 2.44. The number of nitrogens with one attached hydrogen (secondary N) is 2. The van der Waals surface area contributed by atoms with Gasteiger partial charge in [-0.05, 0) is 69.1 Å². The minimum atomic E-state index is -1.08. The van der Waals surface area contributed by atoms with Crippen LogP contribution in [-0.4, -0.2) is 69.8 Å². The number of hydrogen-bond donors (Lipinski definition) is 3. The summed E-state index contributed by atoms with van der Waals surface area (Å²) in [4.78, 5) is 23.0. The molecule has 0 heterocycles. The first-order valence-corrected chi connectivity index (χ1v) is 13.1. The second-order valence-corrected chi connectivity index (χ2v) is 9.61. The lowest BCUT2D eigenvalue weighted by molar-refractivity contribution is -0.126. The maximum atomic E-state index is 12.7. The molecule has 3 N–H and O–H groups in total. The Balaban J connectivity index is 1.41. The van der Waals surface area contributed by atoms with Crippen LogP contribution in [0.2, 0.25) is 0 Å². The van der Waals surface area contributed by atoms with Gasteiger partial charge in [0.1, 0.15) is 0 Å². The van der Waals surface area contributed by atoms with E-state index in [-0.39, 0.29) is 31.1 Å². The fourth-order valence-electron chi connectivity index (χ4n) is 5.03. The second kappa shape index (κ2) is 14.6. The van der Waals surface area contributed by atoms with Crippen molar-refractivity contribution in [3.8, 4) is 17.6 Å². The van der Waals surface area contributed by atoms with Crippen molar-refractivity contribution in [3.63, 3.8) is 0 Å². The van der Waals surface area contributed by atoms with Crippen LogP contribution in [0.15, 0.2) is 18.2 Å². The zero-order chi connectivity index (χ0) is 26.5. The summed E-state index contributed by atoms with van der Waals surface area (Å²) in [7, 11) is 1.63. The maximum Gasteiger partial charge on any atom is 0.404 e. The number of nitrogens with zero attached hydrogens (tertiary/aromatic N) is 1. The normalized spacial score (nSPS) is 21.7. The first-order valence-electron chi connectivity index (χ1n) is 13.1. The number of carboxylic acid groups (broad SMARTS) is 1. The fourth-order valence-corrected chi connectivity index (χ4v) is 5.03. The highest BCUT2D eigenvalue weighted by molar-refractivity contribution is 5.78. The van der Waals surface area contributed by atoms with Crippen molar-refractivity contribution in [2.45, 2.75) is 62.9 Å². The Morgan fingerprint density at radius 3 is 2.24 bits per heavy atom. The summed E-state index contributed by atoms with van der Waals surface area (Å²) < 4.78 is 22.4. The van der Waals surface area contributed by atoms with Gasteiger partial charge in [0.25, 0.3) is 0 Å². The Hall–Kier alpha value is -3.03. The summed E-state index contributed by atoms with van der Waals surface area (Å²) in [6.45, 7) is 2.00. The van der Waals surface area contributed by atoms with Crippen molar-refractivity contribution in [1.29, 1.82) is 5.26 Å². The van der Waals surface area contributed by atoms with Crippen LogP contribution in [0.4, 0.5) is 4.79 Å².